The predicted octanol–water partition coefficient (Wildman–Crippen LogP) is 4.09. The summed E-state index contributed by atoms with van der Waals surface area (Å²) in [6, 6.07) is -0.152. The predicted molar refractivity (Wildman–Crippen MR) is 114 cm³/mol. The van der Waals surface area contributed by atoms with E-state index in [1.807, 2.05) is 4.90 Å². The van der Waals surface area contributed by atoms with Crippen LogP contribution in [0.25, 0.3) is 0 Å². The molecule has 1 aromatic heterocycles. The van der Waals surface area contributed by atoms with Crippen molar-refractivity contribution in [3.63, 3.8) is 0 Å². The van der Waals surface area contributed by atoms with E-state index >= 15 is 0 Å². The largest absolute Gasteiger partial charge is 0.342 e. The second kappa shape index (κ2) is 9.41. The number of carbonyl (C=O) groups is 2. The van der Waals surface area contributed by atoms with Crippen LogP contribution in [0.5, 0.6) is 0 Å². The van der Waals surface area contributed by atoms with Crippen molar-refractivity contribution in [3.8, 4) is 0 Å². The van der Waals surface area contributed by atoms with Gasteiger partial charge in [0.25, 0.3) is 0 Å². The van der Waals surface area contributed by atoms with Crippen LogP contribution in [0.4, 0.5) is 9.93 Å². The van der Waals surface area contributed by atoms with Gasteiger partial charge in [0.15, 0.2) is 0 Å². The molecule has 1 atom stereocenters. The fourth-order valence-corrected chi connectivity index (χ4v) is 5.72. The van der Waals surface area contributed by atoms with E-state index in [-0.39, 0.29) is 17.9 Å². The van der Waals surface area contributed by atoms with E-state index in [1.54, 1.807) is 4.90 Å². The number of amides is 3. The van der Waals surface area contributed by atoms with Crippen molar-refractivity contribution in [2.75, 3.05) is 31.5 Å². The molecular weight excluding hydrogens is 386 g/mol. The van der Waals surface area contributed by atoms with Gasteiger partial charge in [0.2, 0.25) is 11.0 Å². The van der Waals surface area contributed by atoms with Crippen molar-refractivity contribution < 1.29 is 9.59 Å². The van der Waals surface area contributed by atoms with Gasteiger partial charge in [-0.2, -0.15) is 0 Å². The lowest BCUT2D eigenvalue weighted by molar-refractivity contribution is -0.138. The molecule has 1 aromatic rings. The van der Waals surface area contributed by atoms with Gasteiger partial charge in [-0.3, -0.25) is 10.1 Å². The molecule has 3 heterocycles. The first kappa shape index (κ1) is 20.6. The van der Waals surface area contributed by atoms with Crippen LogP contribution in [-0.4, -0.2) is 58.1 Å². The Morgan fingerprint density at radius 2 is 1.69 bits per heavy atom. The van der Waals surface area contributed by atoms with Crippen molar-refractivity contribution >= 4 is 28.4 Å². The number of aromatic nitrogens is 2. The van der Waals surface area contributed by atoms with Crippen LogP contribution >= 0.6 is 11.3 Å². The number of hydrogen-bond acceptors (Lipinski definition) is 5. The van der Waals surface area contributed by atoms with Gasteiger partial charge in [-0.15, -0.1) is 10.2 Å². The summed E-state index contributed by atoms with van der Waals surface area (Å²) < 4.78 is 0. The molecule has 0 aromatic carbocycles. The highest BCUT2D eigenvalue weighted by Crippen LogP contribution is 2.35. The van der Waals surface area contributed by atoms with Crippen molar-refractivity contribution in [2.45, 2.75) is 70.6 Å². The first-order chi connectivity index (χ1) is 14.1. The third-order valence-corrected chi connectivity index (χ3v) is 7.76. The highest BCUT2D eigenvalue weighted by Gasteiger charge is 2.32. The number of rotatable bonds is 3. The highest BCUT2D eigenvalue weighted by molar-refractivity contribution is 7.15. The summed E-state index contributed by atoms with van der Waals surface area (Å²) in [5.41, 5.74) is 0. The van der Waals surface area contributed by atoms with E-state index in [1.165, 1.54) is 43.4 Å². The minimum Gasteiger partial charge on any atom is -0.342 e. The van der Waals surface area contributed by atoms with Crippen LogP contribution in [0.2, 0.25) is 0 Å². The van der Waals surface area contributed by atoms with Crippen molar-refractivity contribution in [1.29, 1.82) is 0 Å². The van der Waals surface area contributed by atoms with Crippen molar-refractivity contribution in [1.82, 2.24) is 20.0 Å². The molecule has 8 heteroatoms. The molecule has 3 fully saturated rings. The Bertz CT molecular complexity index is 710. The molecule has 4 rings (SSSR count). The van der Waals surface area contributed by atoms with Crippen molar-refractivity contribution in [2.24, 2.45) is 11.8 Å². The molecule has 3 amide bonds. The highest BCUT2D eigenvalue weighted by atomic mass is 32.1. The average molecular weight is 420 g/mol. The van der Waals surface area contributed by atoms with Crippen LogP contribution in [0, 0.1) is 11.8 Å². The fraction of sp³-hybridized carbons (Fsp3) is 0.810. The second-order valence-electron chi connectivity index (χ2n) is 9.00. The lowest BCUT2D eigenvalue weighted by Crippen LogP contribution is -2.49. The fourth-order valence-electron chi connectivity index (χ4n) is 4.82. The van der Waals surface area contributed by atoms with Crippen molar-refractivity contribution in [3.05, 3.63) is 5.01 Å². The number of urea groups is 1. The molecule has 29 heavy (non-hydrogen) atoms. The minimum atomic E-state index is -0.152. The summed E-state index contributed by atoms with van der Waals surface area (Å²) in [6.07, 6.45) is 10.1. The number of hydrogen-bond donors (Lipinski definition) is 1. The Morgan fingerprint density at radius 1 is 0.931 bits per heavy atom. The van der Waals surface area contributed by atoms with Crippen LogP contribution in [0.1, 0.15) is 75.6 Å². The second-order valence-corrected chi connectivity index (χ2v) is 10.0. The molecule has 160 valence electrons. The third-order valence-electron chi connectivity index (χ3n) is 6.76. The zero-order valence-electron chi connectivity index (χ0n) is 17.4. The molecule has 7 nitrogen and oxygen atoms in total. The number of carbonyl (C=O) groups excluding carboxylic acids is 2. The monoisotopic (exact) mass is 419 g/mol. The minimum absolute atomic E-state index is 0.0740. The Morgan fingerprint density at radius 3 is 2.45 bits per heavy atom. The van der Waals surface area contributed by atoms with Gasteiger partial charge >= 0.3 is 6.03 Å². The normalized spacial score (nSPS) is 24.5. The average Bonchev–Trinajstić information content (AvgIpc) is 3.23. The van der Waals surface area contributed by atoms with Gasteiger partial charge in [0, 0.05) is 32.1 Å². The lowest BCUT2D eigenvalue weighted by Gasteiger charge is -2.37. The van der Waals surface area contributed by atoms with E-state index in [2.05, 4.69) is 22.4 Å². The summed E-state index contributed by atoms with van der Waals surface area (Å²) in [5, 5.41) is 13.1. The molecule has 2 saturated heterocycles. The maximum atomic E-state index is 12.9. The first-order valence-electron chi connectivity index (χ1n) is 11.3. The Kier molecular flexibility index (Phi) is 6.67. The van der Waals surface area contributed by atoms with Crippen LogP contribution in [0.3, 0.4) is 0 Å². The zero-order valence-corrected chi connectivity index (χ0v) is 18.3. The summed E-state index contributed by atoms with van der Waals surface area (Å²) >= 11 is 1.51. The number of nitrogens with zero attached hydrogens (tertiary/aromatic N) is 4. The summed E-state index contributed by atoms with van der Waals surface area (Å²) in [6.45, 7) is 5.17. The SMILES string of the molecule is CC1CCN(C(=O)C2CCCN(C(=O)Nc3nnc(C4CCCCC4)s3)C2)CC1. The smallest absolute Gasteiger partial charge is 0.323 e. The topological polar surface area (TPSA) is 78.4 Å². The summed E-state index contributed by atoms with van der Waals surface area (Å²) in [7, 11) is 0. The Balaban J connectivity index is 1.30. The van der Waals surface area contributed by atoms with Gasteiger partial charge in [0.1, 0.15) is 5.01 Å². The van der Waals surface area contributed by atoms with E-state index in [0.29, 0.717) is 30.1 Å². The van der Waals surface area contributed by atoms with E-state index in [0.717, 1.165) is 43.8 Å². The molecule has 1 N–H and O–H groups in total. The van der Waals surface area contributed by atoms with E-state index in [4.69, 9.17) is 0 Å². The van der Waals surface area contributed by atoms with E-state index < -0.39 is 0 Å². The van der Waals surface area contributed by atoms with Crippen LogP contribution in [-0.2, 0) is 4.79 Å². The first-order valence-corrected chi connectivity index (χ1v) is 12.1. The number of likely N-dealkylation sites (tertiary alicyclic amines) is 2. The van der Waals surface area contributed by atoms with Gasteiger partial charge in [-0.1, -0.05) is 37.5 Å². The summed E-state index contributed by atoms with van der Waals surface area (Å²) in [5.74, 6) is 1.36. The van der Waals surface area contributed by atoms with Crippen LogP contribution in [0.15, 0.2) is 0 Å². The Labute approximate surface area is 177 Å². The molecule has 2 aliphatic heterocycles. The molecule has 0 spiro atoms. The van der Waals surface area contributed by atoms with Crippen LogP contribution < -0.4 is 5.32 Å². The number of piperidine rings is 2. The quantitative estimate of drug-likeness (QED) is 0.800. The van der Waals surface area contributed by atoms with Gasteiger partial charge in [-0.25, -0.2) is 4.79 Å². The van der Waals surface area contributed by atoms with Gasteiger partial charge in [0.05, 0.1) is 5.92 Å². The molecule has 0 bridgehead atoms. The summed E-state index contributed by atoms with van der Waals surface area (Å²) in [4.78, 5) is 29.5. The zero-order chi connectivity index (χ0) is 20.2. The standard InChI is InChI=1S/C21H33N5O2S/c1-15-9-12-25(13-10-15)19(27)17-8-5-11-26(14-17)21(28)22-20-24-23-18(29-20)16-6-3-2-4-7-16/h15-17H,2-14H2,1H3,(H,22,24,28). The molecule has 1 aliphatic carbocycles. The molecular formula is C21H33N5O2S. The van der Waals surface area contributed by atoms with E-state index in [9.17, 15) is 9.59 Å². The van der Waals surface area contributed by atoms with Gasteiger partial charge in [-0.05, 0) is 44.4 Å². The van der Waals surface area contributed by atoms with Gasteiger partial charge < -0.3 is 9.80 Å². The maximum absolute atomic E-state index is 12.9. The Hall–Kier alpha value is -1.70. The number of nitrogens with one attached hydrogen (secondary N) is 1. The maximum Gasteiger partial charge on any atom is 0.323 e. The lowest BCUT2D eigenvalue weighted by atomic mass is 9.90. The number of anilines is 1. The molecule has 1 saturated carbocycles. The third kappa shape index (κ3) is 5.08. The molecule has 0 radical (unpaired) electrons. The molecule has 1 unspecified atom stereocenters. The molecule has 3 aliphatic rings.